The standard InChI is InChI=1S/C20H28N2O3S.C2HF3O2/c1-15-4-6-16(7-5-15)12-21-13-18-17(20(23)22-9-2-3-10-22)8-11-26(24,25)19(18)14-21;3-2(4,5)1(6)7/h4-7,17-19H,2-3,8-14H2,1H3;(H,6,7)/t17-,18+,19+;/m0./s1. The van der Waals surface area contributed by atoms with E-state index in [0.717, 1.165) is 32.5 Å². The number of hydrogen-bond donors (Lipinski definition) is 1. The van der Waals surface area contributed by atoms with Gasteiger partial charge in [0.05, 0.1) is 11.0 Å². The molecule has 3 aliphatic rings. The molecule has 0 aromatic heterocycles. The number of alkyl halides is 3. The average molecular weight is 491 g/mol. The summed E-state index contributed by atoms with van der Waals surface area (Å²) in [7, 11) is -3.09. The summed E-state index contributed by atoms with van der Waals surface area (Å²) in [5.41, 5.74) is 2.43. The number of likely N-dealkylation sites (tertiary alicyclic amines) is 2. The van der Waals surface area contributed by atoms with Gasteiger partial charge in [-0.25, -0.2) is 13.2 Å². The van der Waals surface area contributed by atoms with Gasteiger partial charge >= 0.3 is 12.1 Å². The average Bonchev–Trinajstić information content (AvgIpc) is 3.40. The van der Waals surface area contributed by atoms with Crippen molar-refractivity contribution < 1.29 is 36.3 Å². The van der Waals surface area contributed by atoms with Crippen LogP contribution in [-0.4, -0.2) is 78.6 Å². The van der Waals surface area contributed by atoms with Crippen LogP contribution in [0.3, 0.4) is 0 Å². The van der Waals surface area contributed by atoms with Crippen LogP contribution in [0.15, 0.2) is 24.3 Å². The number of nitrogens with zero attached hydrogens (tertiary/aromatic N) is 2. The molecular formula is C22H29F3N2O5S. The van der Waals surface area contributed by atoms with Crippen LogP contribution in [0, 0.1) is 18.8 Å². The van der Waals surface area contributed by atoms with Crippen LogP contribution in [0.25, 0.3) is 0 Å². The first kappa shape index (κ1) is 25.5. The van der Waals surface area contributed by atoms with Crippen molar-refractivity contribution >= 4 is 21.7 Å². The van der Waals surface area contributed by atoms with E-state index in [9.17, 15) is 26.4 Å². The number of aliphatic carboxylic acids is 1. The van der Waals surface area contributed by atoms with E-state index in [4.69, 9.17) is 9.90 Å². The number of halogens is 3. The molecule has 3 fully saturated rings. The van der Waals surface area contributed by atoms with Crippen LogP contribution in [-0.2, 0) is 26.0 Å². The third-order valence-corrected chi connectivity index (χ3v) is 8.81. The summed E-state index contributed by atoms with van der Waals surface area (Å²) >= 11 is 0. The lowest BCUT2D eigenvalue weighted by molar-refractivity contribution is -0.192. The molecule has 33 heavy (non-hydrogen) atoms. The van der Waals surface area contributed by atoms with Crippen molar-refractivity contribution in [1.29, 1.82) is 0 Å². The van der Waals surface area contributed by atoms with Crippen molar-refractivity contribution in [3.8, 4) is 0 Å². The third kappa shape index (κ3) is 6.26. The van der Waals surface area contributed by atoms with Crippen LogP contribution in [0.1, 0.15) is 30.4 Å². The Labute approximate surface area is 191 Å². The lowest BCUT2D eigenvalue weighted by Gasteiger charge is -2.34. The number of sulfone groups is 1. The van der Waals surface area contributed by atoms with E-state index in [1.807, 2.05) is 4.90 Å². The highest BCUT2D eigenvalue weighted by Crippen LogP contribution is 2.38. The van der Waals surface area contributed by atoms with Crippen molar-refractivity contribution in [2.45, 2.75) is 44.2 Å². The number of fused-ring (bicyclic) bond motifs is 1. The number of carboxylic acid groups (broad SMARTS) is 1. The van der Waals surface area contributed by atoms with Gasteiger partial charge < -0.3 is 10.0 Å². The van der Waals surface area contributed by atoms with Crippen molar-refractivity contribution in [3.05, 3.63) is 35.4 Å². The molecular weight excluding hydrogens is 461 g/mol. The van der Waals surface area contributed by atoms with Gasteiger partial charge in [0.15, 0.2) is 9.84 Å². The van der Waals surface area contributed by atoms with Crippen LogP contribution in [0.2, 0.25) is 0 Å². The smallest absolute Gasteiger partial charge is 0.475 e. The van der Waals surface area contributed by atoms with Gasteiger partial charge in [0.1, 0.15) is 0 Å². The maximum absolute atomic E-state index is 13.0. The molecule has 1 aromatic carbocycles. The van der Waals surface area contributed by atoms with E-state index < -0.39 is 22.0 Å². The SMILES string of the molecule is Cc1ccc(CN2C[C@@H]3[C@@H](C(=O)N4CCCC4)CCS(=O)(=O)[C@@H]3C2)cc1.O=C(O)C(F)(F)F. The molecule has 3 heterocycles. The normalized spacial score (nSPS) is 26.9. The van der Waals surface area contributed by atoms with Crippen molar-refractivity contribution in [1.82, 2.24) is 9.80 Å². The van der Waals surface area contributed by atoms with E-state index in [0.29, 0.717) is 19.5 Å². The Kier molecular flexibility index (Phi) is 7.73. The second-order valence-corrected chi connectivity index (χ2v) is 11.3. The summed E-state index contributed by atoms with van der Waals surface area (Å²) in [6.45, 7) is 5.77. The Bertz CT molecular complexity index is 959. The van der Waals surface area contributed by atoms with Crippen molar-refractivity contribution in [2.24, 2.45) is 11.8 Å². The van der Waals surface area contributed by atoms with Crippen molar-refractivity contribution in [3.63, 3.8) is 0 Å². The Balaban J connectivity index is 0.000000383. The molecule has 4 rings (SSSR count). The van der Waals surface area contributed by atoms with Gasteiger partial charge in [-0.1, -0.05) is 29.8 Å². The number of carbonyl (C=O) groups is 2. The van der Waals surface area contributed by atoms with Gasteiger partial charge in [0.25, 0.3) is 0 Å². The minimum Gasteiger partial charge on any atom is -0.475 e. The number of rotatable bonds is 3. The molecule has 0 aliphatic carbocycles. The molecule has 0 spiro atoms. The molecule has 1 N–H and O–H groups in total. The zero-order chi connectivity index (χ0) is 24.4. The Morgan fingerprint density at radius 1 is 1.09 bits per heavy atom. The van der Waals surface area contributed by atoms with Gasteiger partial charge in [0, 0.05) is 44.6 Å². The predicted octanol–water partition coefficient (Wildman–Crippen LogP) is 2.49. The largest absolute Gasteiger partial charge is 0.490 e. The van der Waals surface area contributed by atoms with Crippen molar-refractivity contribution in [2.75, 3.05) is 31.9 Å². The molecule has 184 valence electrons. The van der Waals surface area contributed by atoms with E-state index in [1.165, 1.54) is 11.1 Å². The van der Waals surface area contributed by atoms with E-state index in [-0.39, 0.29) is 28.7 Å². The molecule has 7 nitrogen and oxygen atoms in total. The first-order valence-corrected chi connectivity index (χ1v) is 12.7. The van der Waals surface area contributed by atoms with Crippen LogP contribution in [0.4, 0.5) is 13.2 Å². The summed E-state index contributed by atoms with van der Waals surface area (Å²) < 4.78 is 57.0. The summed E-state index contributed by atoms with van der Waals surface area (Å²) in [6, 6.07) is 8.40. The third-order valence-electron chi connectivity index (χ3n) is 6.58. The lowest BCUT2D eigenvalue weighted by atomic mass is 9.87. The summed E-state index contributed by atoms with van der Waals surface area (Å²) in [5.74, 6) is -2.56. The van der Waals surface area contributed by atoms with Gasteiger partial charge in [-0.05, 0) is 31.7 Å². The van der Waals surface area contributed by atoms with E-state index >= 15 is 0 Å². The van der Waals surface area contributed by atoms with Gasteiger partial charge in [-0.15, -0.1) is 0 Å². The van der Waals surface area contributed by atoms with Crippen LogP contribution >= 0.6 is 0 Å². The maximum Gasteiger partial charge on any atom is 0.490 e. The highest BCUT2D eigenvalue weighted by Gasteiger charge is 2.51. The molecule has 0 bridgehead atoms. The first-order valence-electron chi connectivity index (χ1n) is 11.0. The minimum absolute atomic E-state index is 0.0488. The first-order chi connectivity index (χ1) is 15.4. The van der Waals surface area contributed by atoms with E-state index in [1.54, 1.807) is 0 Å². The zero-order valence-electron chi connectivity index (χ0n) is 18.4. The zero-order valence-corrected chi connectivity index (χ0v) is 19.2. The fourth-order valence-corrected chi connectivity index (χ4v) is 6.99. The molecule has 3 aliphatic heterocycles. The fraction of sp³-hybridized carbons (Fsp3) is 0.636. The summed E-state index contributed by atoms with van der Waals surface area (Å²) in [5, 5.41) is 6.75. The Morgan fingerprint density at radius 3 is 2.21 bits per heavy atom. The van der Waals surface area contributed by atoms with Crippen LogP contribution in [0.5, 0.6) is 0 Å². The maximum atomic E-state index is 13.0. The number of aryl methyl sites for hydroxylation is 1. The number of benzene rings is 1. The summed E-state index contributed by atoms with van der Waals surface area (Å²) in [4.78, 5) is 26.1. The monoisotopic (exact) mass is 490 g/mol. The molecule has 0 unspecified atom stereocenters. The molecule has 0 radical (unpaired) electrons. The molecule has 3 saturated heterocycles. The second kappa shape index (κ2) is 10.0. The number of hydrogen-bond acceptors (Lipinski definition) is 5. The summed E-state index contributed by atoms with van der Waals surface area (Å²) in [6.07, 6.45) is -2.44. The second-order valence-electron chi connectivity index (χ2n) is 8.98. The molecule has 1 aromatic rings. The fourth-order valence-electron chi connectivity index (χ4n) is 4.86. The Morgan fingerprint density at radius 2 is 1.67 bits per heavy atom. The van der Waals surface area contributed by atoms with Gasteiger partial charge in [0.2, 0.25) is 5.91 Å². The van der Waals surface area contributed by atoms with Crippen LogP contribution < -0.4 is 0 Å². The molecule has 11 heteroatoms. The minimum atomic E-state index is -5.08. The number of carboxylic acids is 1. The van der Waals surface area contributed by atoms with Gasteiger partial charge in [-0.2, -0.15) is 13.2 Å². The topological polar surface area (TPSA) is 95.0 Å². The predicted molar refractivity (Wildman–Crippen MR) is 115 cm³/mol. The highest BCUT2D eigenvalue weighted by atomic mass is 32.2. The lowest BCUT2D eigenvalue weighted by Crippen LogP contribution is -2.47. The number of carbonyl (C=O) groups excluding carboxylic acids is 1. The molecule has 3 atom stereocenters. The highest BCUT2D eigenvalue weighted by molar-refractivity contribution is 7.92. The Hall–Kier alpha value is -2.14. The quantitative estimate of drug-likeness (QED) is 0.700. The van der Waals surface area contributed by atoms with Gasteiger partial charge in [-0.3, -0.25) is 9.69 Å². The molecule has 1 amide bonds. The number of amides is 1. The van der Waals surface area contributed by atoms with E-state index in [2.05, 4.69) is 36.1 Å². The molecule has 0 saturated carbocycles.